The number of hydrogen-bond acceptors (Lipinski definition) is 3. The molecule has 0 atom stereocenters. The number of rotatable bonds is 3. The molecule has 0 saturated carbocycles. The van der Waals surface area contributed by atoms with E-state index in [-0.39, 0.29) is 5.79 Å². The highest BCUT2D eigenvalue weighted by molar-refractivity contribution is 5.48. The third-order valence-corrected chi connectivity index (χ3v) is 4.21. The van der Waals surface area contributed by atoms with Crippen LogP contribution in [0.25, 0.3) is 0 Å². The zero-order valence-corrected chi connectivity index (χ0v) is 13.0. The minimum atomic E-state index is -0.319. The highest BCUT2D eigenvalue weighted by Crippen LogP contribution is 2.38. The summed E-state index contributed by atoms with van der Waals surface area (Å²) < 4.78 is 11.6. The van der Waals surface area contributed by atoms with Crippen LogP contribution in [0.3, 0.4) is 0 Å². The van der Waals surface area contributed by atoms with Crippen molar-refractivity contribution in [1.29, 1.82) is 0 Å². The van der Waals surface area contributed by atoms with E-state index in [2.05, 4.69) is 49.7 Å². The van der Waals surface area contributed by atoms with Gasteiger partial charge in [-0.2, -0.15) is 0 Å². The first kappa shape index (κ1) is 14.6. The number of ether oxygens (including phenoxy) is 2. The fraction of sp³-hybridized carbons (Fsp3) is 0.556. The zero-order chi connectivity index (χ0) is 14.7. The van der Waals surface area contributed by atoms with E-state index in [1.807, 2.05) is 0 Å². The fourth-order valence-electron chi connectivity index (χ4n) is 3.03. The fourth-order valence-corrected chi connectivity index (χ4v) is 3.03. The Bertz CT molecular complexity index is 505. The Morgan fingerprint density at radius 1 is 1.29 bits per heavy atom. The summed E-state index contributed by atoms with van der Waals surface area (Å²) in [6, 6.07) is 0.477. The third-order valence-electron chi connectivity index (χ3n) is 4.21. The smallest absolute Gasteiger partial charge is 0.172 e. The molecule has 1 N–H and O–H groups in total. The van der Waals surface area contributed by atoms with Crippen molar-refractivity contribution < 1.29 is 9.47 Å². The first-order valence-corrected chi connectivity index (χ1v) is 7.98. The van der Waals surface area contributed by atoms with Crippen molar-refractivity contribution in [2.45, 2.75) is 51.4 Å². The van der Waals surface area contributed by atoms with E-state index in [1.54, 1.807) is 0 Å². The Balaban J connectivity index is 1.70. The summed E-state index contributed by atoms with van der Waals surface area (Å²) in [5.74, 6) is -0.319. The van der Waals surface area contributed by atoms with Gasteiger partial charge in [-0.1, -0.05) is 18.2 Å². The Morgan fingerprint density at radius 2 is 2.10 bits per heavy atom. The molecule has 1 aliphatic heterocycles. The summed E-state index contributed by atoms with van der Waals surface area (Å²) in [5.41, 5.74) is 4.10. The lowest BCUT2D eigenvalue weighted by Gasteiger charge is -2.31. The van der Waals surface area contributed by atoms with E-state index in [9.17, 15) is 0 Å². The van der Waals surface area contributed by atoms with Gasteiger partial charge in [-0.05, 0) is 49.5 Å². The summed E-state index contributed by atoms with van der Waals surface area (Å²) in [5, 5.41) is 3.38. The van der Waals surface area contributed by atoms with Gasteiger partial charge in [0, 0.05) is 25.1 Å². The van der Waals surface area contributed by atoms with Crippen LogP contribution in [0.15, 0.2) is 47.2 Å². The van der Waals surface area contributed by atoms with E-state index < -0.39 is 0 Å². The largest absolute Gasteiger partial charge is 0.388 e. The van der Waals surface area contributed by atoms with Crippen LogP contribution in [0.1, 0.15) is 39.5 Å². The van der Waals surface area contributed by atoms with Gasteiger partial charge in [-0.3, -0.25) is 0 Å². The van der Waals surface area contributed by atoms with E-state index in [0.717, 1.165) is 38.9 Å². The van der Waals surface area contributed by atoms with Gasteiger partial charge >= 0.3 is 0 Å². The molecule has 0 amide bonds. The molecule has 1 spiro atoms. The molecule has 0 bridgehead atoms. The monoisotopic (exact) mass is 287 g/mol. The average Bonchev–Trinajstić information content (AvgIpc) is 2.94. The molecule has 21 heavy (non-hydrogen) atoms. The van der Waals surface area contributed by atoms with Crippen molar-refractivity contribution >= 4 is 0 Å². The summed E-state index contributed by atoms with van der Waals surface area (Å²) >= 11 is 0. The zero-order valence-electron chi connectivity index (χ0n) is 13.0. The minimum Gasteiger partial charge on any atom is -0.388 e. The first-order valence-electron chi connectivity index (χ1n) is 7.98. The topological polar surface area (TPSA) is 30.5 Å². The lowest BCUT2D eigenvalue weighted by atomic mass is 9.87. The number of nitrogens with one attached hydrogen (secondary N) is 1. The van der Waals surface area contributed by atoms with E-state index in [0.29, 0.717) is 6.04 Å². The molecule has 3 heteroatoms. The predicted octanol–water partition coefficient (Wildman–Crippen LogP) is 3.61. The van der Waals surface area contributed by atoms with Crippen LogP contribution < -0.4 is 5.32 Å². The Labute approximate surface area is 127 Å². The van der Waals surface area contributed by atoms with Crippen LogP contribution in [0.2, 0.25) is 0 Å². The van der Waals surface area contributed by atoms with Crippen molar-refractivity contribution in [2.24, 2.45) is 0 Å². The van der Waals surface area contributed by atoms with Gasteiger partial charge in [0.1, 0.15) is 0 Å². The quantitative estimate of drug-likeness (QED) is 0.860. The molecule has 3 aliphatic rings. The Morgan fingerprint density at radius 3 is 2.76 bits per heavy atom. The number of allylic oxidation sites excluding steroid dienone is 6. The molecule has 1 heterocycles. The molecule has 0 aromatic carbocycles. The molecule has 3 nitrogen and oxygen atoms in total. The van der Waals surface area contributed by atoms with Crippen LogP contribution in [-0.2, 0) is 9.47 Å². The van der Waals surface area contributed by atoms with Gasteiger partial charge < -0.3 is 14.8 Å². The maximum Gasteiger partial charge on any atom is 0.172 e. The van der Waals surface area contributed by atoms with E-state index in [1.165, 1.54) is 16.7 Å². The van der Waals surface area contributed by atoms with Gasteiger partial charge in [-0.25, -0.2) is 0 Å². The van der Waals surface area contributed by atoms with Crippen LogP contribution in [-0.4, -0.2) is 25.0 Å². The second kappa shape index (κ2) is 6.20. The van der Waals surface area contributed by atoms with Gasteiger partial charge in [-0.15, -0.1) is 0 Å². The summed E-state index contributed by atoms with van der Waals surface area (Å²) in [6.07, 6.45) is 15.1. The van der Waals surface area contributed by atoms with E-state index >= 15 is 0 Å². The minimum absolute atomic E-state index is 0.319. The maximum atomic E-state index is 5.78. The third kappa shape index (κ3) is 3.47. The first-order chi connectivity index (χ1) is 10.2. The standard InChI is InChI=1S/C18H25NO2/c1-14(2)19-13-15-4-3-5-17(12-15)16-6-8-18(9-7-16)20-10-11-21-18/h3,5-6,12-14,19H,4,7-11H2,1-2H3/b15-13+. The van der Waals surface area contributed by atoms with Crippen molar-refractivity contribution in [3.05, 3.63) is 47.2 Å². The number of hydrogen-bond donors (Lipinski definition) is 1. The molecular weight excluding hydrogens is 262 g/mol. The molecular formula is C18H25NO2. The van der Waals surface area contributed by atoms with Crippen molar-refractivity contribution in [3.63, 3.8) is 0 Å². The van der Waals surface area contributed by atoms with Crippen LogP contribution in [0.5, 0.6) is 0 Å². The molecule has 1 saturated heterocycles. The molecule has 0 aromatic heterocycles. The summed E-state index contributed by atoms with van der Waals surface area (Å²) in [7, 11) is 0. The van der Waals surface area contributed by atoms with Crippen molar-refractivity contribution in [2.75, 3.05) is 13.2 Å². The van der Waals surface area contributed by atoms with Crippen LogP contribution in [0, 0.1) is 0 Å². The molecule has 1 fully saturated rings. The Kier molecular flexibility index (Phi) is 4.32. The maximum absolute atomic E-state index is 5.78. The summed E-state index contributed by atoms with van der Waals surface area (Å²) in [6.45, 7) is 5.79. The molecule has 3 rings (SSSR count). The molecule has 2 aliphatic carbocycles. The normalized spacial score (nSPS) is 26.3. The van der Waals surface area contributed by atoms with Gasteiger partial charge in [0.2, 0.25) is 0 Å². The second-order valence-corrected chi connectivity index (χ2v) is 6.29. The summed E-state index contributed by atoms with van der Waals surface area (Å²) in [4.78, 5) is 0. The SMILES string of the molecule is CC(C)N/C=C1/C=C(C2=CCC3(CC2)OCCO3)C=CC1. The Hall–Kier alpha value is -1.32. The average molecular weight is 287 g/mol. The van der Waals surface area contributed by atoms with Gasteiger partial charge in [0.25, 0.3) is 0 Å². The van der Waals surface area contributed by atoms with Gasteiger partial charge in [0.05, 0.1) is 13.2 Å². The molecule has 0 unspecified atom stereocenters. The molecule has 0 aromatic rings. The van der Waals surface area contributed by atoms with Crippen LogP contribution >= 0.6 is 0 Å². The van der Waals surface area contributed by atoms with Crippen molar-refractivity contribution in [3.8, 4) is 0 Å². The van der Waals surface area contributed by atoms with E-state index in [4.69, 9.17) is 9.47 Å². The lowest BCUT2D eigenvalue weighted by molar-refractivity contribution is -0.161. The highest BCUT2D eigenvalue weighted by Gasteiger charge is 2.37. The highest BCUT2D eigenvalue weighted by atomic mass is 16.7. The predicted molar refractivity (Wildman–Crippen MR) is 84.8 cm³/mol. The van der Waals surface area contributed by atoms with Gasteiger partial charge in [0.15, 0.2) is 5.79 Å². The molecule has 0 radical (unpaired) electrons. The molecule has 114 valence electrons. The lowest BCUT2D eigenvalue weighted by Crippen LogP contribution is -2.31. The van der Waals surface area contributed by atoms with Crippen molar-refractivity contribution in [1.82, 2.24) is 5.32 Å². The van der Waals surface area contributed by atoms with Crippen LogP contribution in [0.4, 0.5) is 0 Å². The second-order valence-electron chi connectivity index (χ2n) is 6.29.